The summed E-state index contributed by atoms with van der Waals surface area (Å²) in [6, 6.07) is 2.32. The van der Waals surface area contributed by atoms with Crippen LogP contribution in [0.1, 0.15) is 42.1 Å². The van der Waals surface area contributed by atoms with Gasteiger partial charge in [0, 0.05) is 23.5 Å². The first-order valence-corrected chi connectivity index (χ1v) is 6.61. The van der Waals surface area contributed by atoms with Crippen LogP contribution in [0.5, 0.6) is 0 Å². The van der Waals surface area contributed by atoms with Crippen molar-refractivity contribution in [1.82, 2.24) is 4.98 Å². The summed E-state index contributed by atoms with van der Waals surface area (Å²) in [6.07, 6.45) is 7.73. The molecular formula is C15H16N2O2. The Morgan fingerprint density at radius 2 is 2.32 bits per heavy atom. The van der Waals surface area contributed by atoms with Crippen molar-refractivity contribution in [2.45, 2.75) is 32.0 Å². The van der Waals surface area contributed by atoms with E-state index >= 15 is 0 Å². The van der Waals surface area contributed by atoms with E-state index in [9.17, 15) is 5.11 Å². The molecule has 1 aromatic heterocycles. The summed E-state index contributed by atoms with van der Waals surface area (Å²) < 4.78 is 5.42. The number of aliphatic hydroxyl groups is 1. The van der Waals surface area contributed by atoms with Crippen LogP contribution >= 0.6 is 0 Å². The lowest BCUT2D eigenvalue weighted by Crippen LogP contribution is -2.18. The molecule has 0 saturated carbocycles. The van der Waals surface area contributed by atoms with Gasteiger partial charge in [-0.05, 0) is 30.4 Å². The van der Waals surface area contributed by atoms with E-state index in [1.165, 1.54) is 5.57 Å². The summed E-state index contributed by atoms with van der Waals surface area (Å²) in [7, 11) is 0. The lowest BCUT2D eigenvalue weighted by Gasteiger charge is -2.25. The molecule has 2 aliphatic rings. The van der Waals surface area contributed by atoms with Gasteiger partial charge >= 0.3 is 0 Å². The lowest BCUT2D eigenvalue weighted by molar-refractivity contribution is 0.00938. The first-order valence-electron chi connectivity index (χ1n) is 6.61. The number of ether oxygens (including phenoxy) is 1. The summed E-state index contributed by atoms with van der Waals surface area (Å²) in [5.41, 5.74) is 4.24. The third-order valence-electron chi connectivity index (χ3n) is 3.91. The summed E-state index contributed by atoms with van der Waals surface area (Å²) in [6.45, 7) is 0.872. The van der Waals surface area contributed by atoms with Crippen molar-refractivity contribution in [2.24, 2.45) is 5.92 Å². The fraction of sp³-hybridized carbons (Fsp3) is 0.467. The fourth-order valence-electron chi connectivity index (χ4n) is 2.79. The van der Waals surface area contributed by atoms with Gasteiger partial charge in [-0.15, -0.1) is 0 Å². The molecule has 1 N–H and O–H groups in total. The molecule has 0 amide bonds. The predicted molar refractivity (Wildman–Crippen MR) is 69.8 cm³/mol. The average molecular weight is 256 g/mol. The molecule has 2 heterocycles. The zero-order valence-corrected chi connectivity index (χ0v) is 10.7. The molecule has 3 rings (SSSR count). The quantitative estimate of drug-likeness (QED) is 0.837. The van der Waals surface area contributed by atoms with E-state index in [1.54, 1.807) is 6.20 Å². The molecule has 0 aromatic carbocycles. The molecule has 0 fully saturated rings. The van der Waals surface area contributed by atoms with E-state index in [-0.39, 0.29) is 5.92 Å². The topological polar surface area (TPSA) is 66.1 Å². The number of hydrogen-bond donors (Lipinski definition) is 1. The maximum atomic E-state index is 9.94. The lowest BCUT2D eigenvalue weighted by atomic mass is 9.85. The maximum absolute atomic E-state index is 9.94. The summed E-state index contributed by atoms with van der Waals surface area (Å²) >= 11 is 0. The van der Waals surface area contributed by atoms with Crippen LogP contribution in [0.2, 0.25) is 0 Å². The molecule has 2 atom stereocenters. The Labute approximate surface area is 112 Å². The summed E-state index contributed by atoms with van der Waals surface area (Å²) in [4.78, 5) is 4.24. The van der Waals surface area contributed by atoms with Crippen molar-refractivity contribution in [3.05, 3.63) is 35.2 Å². The van der Waals surface area contributed by atoms with Crippen molar-refractivity contribution in [2.75, 3.05) is 6.61 Å². The van der Waals surface area contributed by atoms with E-state index in [0.29, 0.717) is 13.2 Å². The van der Waals surface area contributed by atoms with Crippen molar-refractivity contribution in [1.29, 1.82) is 5.26 Å². The normalized spacial score (nSPS) is 26.2. The molecule has 1 aliphatic heterocycles. The zero-order valence-electron chi connectivity index (χ0n) is 10.7. The highest BCUT2D eigenvalue weighted by Gasteiger charge is 2.24. The Bertz CT molecular complexity index is 560. The second-order valence-corrected chi connectivity index (χ2v) is 5.12. The van der Waals surface area contributed by atoms with E-state index in [2.05, 4.69) is 17.1 Å². The van der Waals surface area contributed by atoms with Gasteiger partial charge in [-0.1, -0.05) is 6.08 Å². The van der Waals surface area contributed by atoms with E-state index in [0.717, 1.165) is 36.0 Å². The van der Waals surface area contributed by atoms with E-state index in [1.807, 2.05) is 6.20 Å². The predicted octanol–water partition coefficient (Wildman–Crippen LogP) is 2.35. The SMILES string of the molecule is N#CC1CC=C(c2cncc3c2COCC3O)CC1. The van der Waals surface area contributed by atoms with Crippen molar-refractivity contribution >= 4 is 5.57 Å². The molecule has 2 unspecified atom stereocenters. The Morgan fingerprint density at radius 1 is 1.42 bits per heavy atom. The van der Waals surface area contributed by atoms with E-state index in [4.69, 9.17) is 10.00 Å². The van der Waals surface area contributed by atoms with Crippen LogP contribution in [0.4, 0.5) is 0 Å². The van der Waals surface area contributed by atoms with Crippen LogP contribution in [0.3, 0.4) is 0 Å². The number of aliphatic hydroxyl groups excluding tert-OH is 1. The van der Waals surface area contributed by atoms with Gasteiger partial charge in [0.25, 0.3) is 0 Å². The second kappa shape index (κ2) is 5.12. The van der Waals surface area contributed by atoms with Crippen molar-refractivity contribution in [3.63, 3.8) is 0 Å². The average Bonchev–Trinajstić information content (AvgIpc) is 2.47. The van der Waals surface area contributed by atoms with Crippen LogP contribution in [-0.4, -0.2) is 16.7 Å². The standard InChI is InChI=1S/C15H16N2O2/c16-5-10-1-3-11(4-2-10)12-6-17-7-13-14(12)8-19-9-15(13)18/h3,6-7,10,15,18H,1-2,4,8-9H2. The Kier molecular flexibility index (Phi) is 3.33. The highest BCUT2D eigenvalue weighted by molar-refractivity contribution is 5.69. The van der Waals surface area contributed by atoms with Gasteiger partial charge in [0.15, 0.2) is 0 Å². The zero-order chi connectivity index (χ0) is 13.2. The molecule has 4 heteroatoms. The molecule has 98 valence electrons. The van der Waals surface area contributed by atoms with Gasteiger partial charge in [0.05, 0.1) is 25.2 Å². The van der Waals surface area contributed by atoms with Crippen LogP contribution < -0.4 is 0 Å². The van der Waals surface area contributed by atoms with Crippen molar-refractivity contribution < 1.29 is 9.84 Å². The Morgan fingerprint density at radius 3 is 3.05 bits per heavy atom. The van der Waals surface area contributed by atoms with Crippen LogP contribution in [-0.2, 0) is 11.3 Å². The molecule has 0 bridgehead atoms. The Hall–Kier alpha value is -1.70. The Balaban J connectivity index is 1.96. The third kappa shape index (κ3) is 2.27. The smallest absolute Gasteiger partial charge is 0.104 e. The molecule has 0 radical (unpaired) electrons. The van der Waals surface area contributed by atoms with Gasteiger partial charge in [-0.25, -0.2) is 0 Å². The second-order valence-electron chi connectivity index (χ2n) is 5.12. The molecule has 19 heavy (non-hydrogen) atoms. The van der Waals surface area contributed by atoms with Crippen LogP contribution in [0, 0.1) is 17.2 Å². The minimum absolute atomic E-state index is 0.137. The highest BCUT2D eigenvalue weighted by Crippen LogP contribution is 2.35. The highest BCUT2D eigenvalue weighted by atomic mass is 16.5. The number of hydrogen-bond acceptors (Lipinski definition) is 4. The molecular weight excluding hydrogens is 240 g/mol. The van der Waals surface area contributed by atoms with Crippen LogP contribution in [0.25, 0.3) is 5.57 Å². The molecule has 1 aromatic rings. The number of allylic oxidation sites excluding steroid dienone is 2. The number of pyridine rings is 1. The molecule has 0 saturated heterocycles. The van der Waals surface area contributed by atoms with Gasteiger partial charge in [-0.2, -0.15) is 5.26 Å². The van der Waals surface area contributed by atoms with Gasteiger partial charge < -0.3 is 9.84 Å². The maximum Gasteiger partial charge on any atom is 0.104 e. The van der Waals surface area contributed by atoms with Crippen LogP contribution in [0.15, 0.2) is 18.5 Å². The number of nitriles is 1. The summed E-state index contributed by atoms with van der Waals surface area (Å²) in [5, 5.41) is 18.9. The third-order valence-corrected chi connectivity index (χ3v) is 3.91. The monoisotopic (exact) mass is 256 g/mol. The van der Waals surface area contributed by atoms with Gasteiger partial charge in [0.2, 0.25) is 0 Å². The first kappa shape index (κ1) is 12.3. The van der Waals surface area contributed by atoms with Gasteiger partial charge in [-0.3, -0.25) is 4.98 Å². The van der Waals surface area contributed by atoms with Gasteiger partial charge in [0.1, 0.15) is 6.10 Å². The molecule has 1 aliphatic carbocycles. The minimum atomic E-state index is -0.577. The molecule has 4 nitrogen and oxygen atoms in total. The first-order chi connectivity index (χ1) is 9.29. The number of rotatable bonds is 1. The van der Waals surface area contributed by atoms with Crippen molar-refractivity contribution in [3.8, 4) is 6.07 Å². The number of fused-ring (bicyclic) bond motifs is 1. The largest absolute Gasteiger partial charge is 0.386 e. The number of nitrogens with zero attached hydrogens (tertiary/aromatic N) is 2. The van der Waals surface area contributed by atoms with E-state index < -0.39 is 6.10 Å². The number of aromatic nitrogens is 1. The summed E-state index contributed by atoms with van der Waals surface area (Å²) in [5.74, 6) is 0.137. The molecule has 0 spiro atoms. The minimum Gasteiger partial charge on any atom is -0.386 e. The fourth-order valence-corrected chi connectivity index (χ4v) is 2.79.